The predicted octanol–water partition coefficient (Wildman–Crippen LogP) is -0.133. The summed E-state index contributed by atoms with van der Waals surface area (Å²) in [7, 11) is 0. The first-order valence-electron chi connectivity index (χ1n) is 4.65. The Balaban J connectivity index is 2.26. The summed E-state index contributed by atoms with van der Waals surface area (Å²) >= 11 is 0. The number of terminal acetylenes is 1. The summed E-state index contributed by atoms with van der Waals surface area (Å²) in [4.78, 5) is 10.5. The van der Waals surface area contributed by atoms with Crippen LogP contribution in [0, 0.1) is 12.3 Å². The molecule has 2 heterocycles. The predicted molar refractivity (Wildman–Crippen MR) is 55.0 cm³/mol. The zero-order valence-electron chi connectivity index (χ0n) is 7.90. The second-order valence-electron chi connectivity index (χ2n) is 3.11. The molecule has 4 heteroatoms. The Labute approximate surface area is 83.4 Å². The molecule has 0 saturated carbocycles. The van der Waals surface area contributed by atoms with Crippen LogP contribution in [0.4, 0.5) is 5.82 Å². The Bertz CT molecular complexity index is 349. The van der Waals surface area contributed by atoms with Gasteiger partial charge in [-0.05, 0) is 5.92 Å². The molecule has 4 nitrogen and oxygen atoms in total. The van der Waals surface area contributed by atoms with Crippen LogP contribution in [0.1, 0.15) is 5.69 Å². The monoisotopic (exact) mass is 188 g/mol. The van der Waals surface area contributed by atoms with Crippen molar-refractivity contribution >= 4 is 5.82 Å². The van der Waals surface area contributed by atoms with E-state index in [1.54, 1.807) is 12.4 Å². The summed E-state index contributed by atoms with van der Waals surface area (Å²) in [5.41, 5.74) is 0.634. The van der Waals surface area contributed by atoms with Gasteiger partial charge in [-0.25, -0.2) is 9.97 Å². The van der Waals surface area contributed by atoms with Crippen LogP contribution < -0.4 is 10.2 Å². The van der Waals surface area contributed by atoms with Gasteiger partial charge in [-0.2, -0.15) is 0 Å². The van der Waals surface area contributed by atoms with Gasteiger partial charge in [0.15, 0.2) is 11.5 Å². The Morgan fingerprint density at radius 1 is 1.29 bits per heavy atom. The molecule has 1 aromatic heterocycles. The molecule has 0 atom stereocenters. The zero-order valence-corrected chi connectivity index (χ0v) is 7.90. The SMILES string of the molecule is C#Cc1nccnc1N1CCNCC1. The van der Waals surface area contributed by atoms with Crippen molar-refractivity contribution in [1.29, 1.82) is 0 Å². The lowest BCUT2D eigenvalue weighted by molar-refractivity contribution is 0.584. The average molecular weight is 188 g/mol. The van der Waals surface area contributed by atoms with Crippen LogP contribution in [-0.2, 0) is 0 Å². The maximum Gasteiger partial charge on any atom is 0.163 e. The molecule has 1 fully saturated rings. The lowest BCUT2D eigenvalue weighted by atomic mass is 10.3. The lowest BCUT2D eigenvalue weighted by Crippen LogP contribution is -2.44. The second kappa shape index (κ2) is 4.07. The minimum atomic E-state index is 0.634. The Kier molecular flexibility index (Phi) is 2.61. The summed E-state index contributed by atoms with van der Waals surface area (Å²) in [6, 6.07) is 0. The molecule has 0 spiro atoms. The fraction of sp³-hybridized carbons (Fsp3) is 0.400. The van der Waals surface area contributed by atoms with Crippen LogP contribution in [0.3, 0.4) is 0 Å². The van der Waals surface area contributed by atoms with Gasteiger partial charge in [0.2, 0.25) is 0 Å². The fourth-order valence-electron chi connectivity index (χ4n) is 1.54. The minimum Gasteiger partial charge on any atom is -0.352 e. The van der Waals surface area contributed by atoms with Gasteiger partial charge < -0.3 is 10.2 Å². The first-order chi connectivity index (χ1) is 6.92. The van der Waals surface area contributed by atoms with E-state index in [1.165, 1.54) is 0 Å². The van der Waals surface area contributed by atoms with E-state index in [1.807, 2.05) is 0 Å². The average Bonchev–Trinajstić information content (AvgIpc) is 2.30. The van der Waals surface area contributed by atoms with Crippen LogP contribution in [-0.4, -0.2) is 36.1 Å². The van der Waals surface area contributed by atoms with Crippen LogP contribution >= 0.6 is 0 Å². The highest BCUT2D eigenvalue weighted by Gasteiger charge is 2.14. The maximum absolute atomic E-state index is 5.36. The van der Waals surface area contributed by atoms with Crippen LogP contribution in [0.15, 0.2) is 12.4 Å². The van der Waals surface area contributed by atoms with Gasteiger partial charge in [-0.1, -0.05) is 0 Å². The maximum atomic E-state index is 5.36. The van der Waals surface area contributed by atoms with Crippen molar-refractivity contribution in [3.63, 3.8) is 0 Å². The topological polar surface area (TPSA) is 41.1 Å². The first-order valence-corrected chi connectivity index (χ1v) is 4.65. The van der Waals surface area contributed by atoms with E-state index in [9.17, 15) is 0 Å². The van der Waals surface area contributed by atoms with Crippen molar-refractivity contribution in [2.45, 2.75) is 0 Å². The second-order valence-corrected chi connectivity index (χ2v) is 3.11. The van der Waals surface area contributed by atoms with Crippen LogP contribution in [0.5, 0.6) is 0 Å². The molecule has 0 unspecified atom stereocenters. The van der Waals surface area contributed by atoms with Crippen LogP contribution in [0.2, 0.25) is 0 Å². The van der Waals surface area contributed by atoms with Crippen molar-refractivity contribution in [3.8, 4) is 12.3 Å². The van der Waals surface area contributed by atoms with Gasteiger partial charge in [0.05, 0.1) is 0 Å². The van der Waals surface area contributed by atoms with Crippen molar-refractivity contribution < 1.29 is 0 Å². The third-order valence-corrected chi connectivity index (χ3v) is 2.23. The number of nitrogens with one attached hydrogen (secondary N) is 1. The molecule has 0 aromatic carbocycles. The number of piperazine rings is 1. The van der Waals surface area contributed by atoms with E-state index in [2.05, 4.69) is 26.1 Å². The number of anilines is 1. The molecule has 2 rings (SSSR count). The molecular formula is C10H12N4. The molecule has 1 aromatic rings. The number of hydrogen-bond donors (Lipinski definition) is 1. The quantitative estimate of drug-likeness (QED) is 0.623. The minimum absolute atomic E-state index is 0.634. The van der Waals surface area contributed by atoms with Crippen molar-refractivity contribution in [3.05, 3.63) is 18.1 Å². The fourth-order valence-corrected chi connectivity index (χ4v) is 1.54. The number of rotatable bonds is 1. The summed E-state index contributed by atoms with van der Waals surface area (Å²) in [5, 5.41) is 3.28. The summed E-state index contributed by atoms with van der Waals surface area (Å²) < 4.78 is 0. The summed E-state index contributed by atoms with van der Waals surface area (Å²) in [5.74, 6) is 3.39. The third-order valence-electron chi connectivity index (χ3n) is 2.23. The van der Waals surface area contributed by atoms with Gasteiger partial charge in [0.1, 0.15) is 0 Å². The van der Waals surface area contributed by atoms with Gasteiger partial charge in [0, 0.05) is 38.6 Å². The smallest absolute Gasteiger partial charge is 0.163 e. The van der Waals surface area contributed by atoms with Gasteiger partial charge >= 0.3 is 0 Å². The molecule has 0 amide bonds. The number of nitrogens with zero attached hydrogens (tertiary/aromatic N) is 3. The number of aromatic nitrogens is 2. The Morgan fingerprint density at radius 3 is 2.71 bits per heavy atom. The Hall–Kier alpha value is -1.60. The zero-order chi connectivity index (χ0) is 9.80. The molecule has 1 aliphatic rings. The molecule has 72 valence electrons. The normalized spacial score (nSPS) is 16.4. The highest BCUT2D eigenvalue weighted by Crippen LogP contribution is 2.13. The Morgan fingerprint density at radius 2 is 2.00 bits per heavy atom. The van der Waals surface area contributed by atoms with E-state index in [-0.39, 0.29) is 0 Å². The van der Waals surface area contributed by atoms with E-state index in [0.29, 0.717) is 5.69 Å². The van der Waals surface area contributed by atoms with Crippen LogP contribution in [0.25, 0.3) is 0 Å². The van der Waals surface area contributed by atoms with Gasteiger partial charge in [0.25, 0.3) is 0 Å². The highest BCUT2D eigenvalue weighted by molar-refractivity contribution is 5.51. The van der Waals surface area contributed by atoms with Gasteiger partial charge in [-0.15, -0.1) is 6.42 Å². The van der Waals surface area contributed by atoms with Gasteiger partial charge in [-0.3, -0.25) is 0 Å². The summed E-state index contributed by atoms with van der Waals surface area (Å²) in [6.45, 7) is 3.82. The first kappa shape index (κ1) is 8.97. The van der Waals surface area contributed by atoms with E-state index >= 15 is 0 Å². The standard InChI is InChI=1S/C10H12N4/c1-2-9-10(13-4-3-12-9)14-7-5-11-6-8-14/h1,3-4,11H,5-8H2. The molecular weight excluding hydrogens is 176 g/mol. The summed E-state index contributed by atoms with van der Waals surface area (Å²) in [6.07, 6.45) is 8.67. The van der Waals surface area contributed by atoms with E-state index < -0.39 is 0 Å². The molecule has 0 bridgehead atoms. The lowest BCUT2D eigenvalue weighted by Gasteiger charge is -2.28. The highest BCUT2D eigenvalue weighted by atomic mass is 15.2. The van der Waals surface area contributed by atoms with Crippen molar-refractivity contribution in [1.82, 2.24) is 15.3 Å². The molecule has 1 aliphatic heterocycles. The molecule has 1 N–H and O–H groups in total. The number of hydrogen-bond acceptors (Lipinski definition) is 4. The van der Waals surface area contributed by atoms with E-state index in [4.69, 9.17) is 6.42 Å². The molecule has 0 aliphatic carbocycles. The van der Waals surface area contributed by atoms with Crippen molar-refractivity contribution in [2.24, 2.45) is 0 Å². The molecule has 14 heavy (non-hydrogen) atoms. The van der Waals surface area contributed by atoms with Crippen molar-refractivity contribution in [2.75, 3.05) is 31.1 Å². The molecule has 0 radical (unpaired) electrons. The third kappa shape index (κ3) is 1.68. The largest absolute Gasteiger partial charge is 0.352 e. The molecule has 1 saturated heterocycles. The van der Waals surface area contributed by atoms with E-state index in [0.717, 1.165) is 32.0 Å².